The molecule has 2 aromatic heterocycles. The summed E-state index contributed by atoms with van der Waals surface area (Å²) < 4.78 is 39.9. The van der Waals surface area contributed by atoms with Crippen LogP contribution in [0.25, 0.3) is 0 Å². The lowest BCUT2D eigenvalue weighted by atomic mass is 10.1. The number of alkyl carbamates (subject to hydrolysis) is 3. The van der Waals surface area contributed by atoms with Crippen LogP contribution in [0.3, 0.4) is 0 Å². The molecule has 0 bridgehead atoms. The molecule has 56 heavy (non-hydrogen) atoms. The van der Waals surface area contributed by atoms with E-state index < -0.39 is 37.5 Å². The lowest BCUT2D eigenvalue weighted by molar-refractivity contribution is -0.145. The SMILES string of the molecule is CCCOCCn1cc(CNC(=O)OCC(COC(=O)NCc2cn(CCOCCOC(=O)CC)nn2)NC(=O)OCCOCCN2C(=O)CC(C)C2=O)nn1. The summed E-state index contributed by atoms with van der Waals surface area (Å²) in [6.07, 6.45) is 2.03. The topological polar surface area (TPSA) is 268 Å². The molecule has 1 fully saturated rings. The van der Waals surface area contributed by atoms with Gasteiger partial charge in [0.1, 0.15) is 43.9 Å². The molecular weight excluding hydrogens is 744 g/mol. The minimum absolute atomic E-state index is 0.0145. The second kappa shape index (κ2) is 25.6. The van der Waals surface area contributed by atoms with Gasteiger partial charge in [0.15, 0.2) is 0 Å². The second-order valence-corrected chi connectivity index (χ2v) is 12.2. The predicted octanol–water partition coefficient (Wildman–Crippen LogP) is -0.0750. The summed E-state index contributed by atoms with van der Waals surface area (Å²) in [4.78, 5) is 73.7. The van der Waals surface area contributed by atoms with Gasteiger partial charge >= 0.3 is 24.2 Å². The zero-order valence-electron chi connectivity index (χ0n) is 32.0. The Labute approximate surface area is 323 Å². The molecule has 1 saturated heterocycles. The van der Waals surface area contributed by atoms with Crippen molar-refractivity contribution in [2.45, 2.75) is 72.3 Å². The number of carbonyl (C=O) groups is 6. The van der Waals surface area contributed by atoms with Crippen molar-refractivity contribution in [2.75, 3.05) is 72.6 Å². The molecule has 1 aliphatic rings. The third-order valence-electron chi connectivity index (χ3n) is 7.60. The molecule has 2 aromatic rings. The molecule has 0 saturated carbocycles. The van der Waals surface area contributed by atoms with E-state index in [1.165, 1.54) is 4.68 Å². The summed E-state index contributed by atoms with van der Waals surface area (Å²) in [5.74, 6) is -1.17. The molecule has 3 N–H and O–H groups in total. The van der Waals surface area contributed by atoms with Crippen molar-refractivity contribution in [1.82, 2.24) is 50.8 Å². The normalized spacial score (nSPS) is 14.3. The van der Waals surface area contributed by atoms with Crippen LogP contribution in [0.1, 0.15) is 51.4 Å². The summed E-state index contributed by atoms with van der Waals surface area (Å²) in [5, 5.41) is 23.5. The molecule has 2 atom stereocenters. The van der Waals surface area contributed by atoms with Crippen LogP contribution < -0.4 is 16.0 Å². The highest BCUT2D eigenvalue weighted by Gasteiger charge is 2.35. The van der Waals surface area contributed by atoms with Gasteiger partial charge in [-0.3, -0.25) is 19.3 Å². The standard InChI is InChI=1S/C33H52N10O13/c1-4-9-50-10-6-41-20-25(37-39-41)18-34-31(47)55-22-27(36-33(49)54-16-14-52-12-8-43-28(44)17-24(3)30(43)46)23-56-32(48)35-19-26-21-42(40-38-26)7-11-51-13-15-53-29(45)5-2/h20-21,24,27H,4-19,22-23H2,1-3H3,(H,34,47)(H,35,48)(H,36,49). The molecule has 0 aromatic carbocycles. The van der Waals surface area contributed by atoms with E-state index in [0.717, 1.165) is 11.3 Å². The number of nitrogens with one attached hydrogen (secondary N) is 3. The number of hydrogen-bond acceptors (Lipinski definition) is 17. The zero-order chi connectivity index (χ0) is 40.5. The van der Waals surface area contributed by atoms with Gasteiger partial charge < -0.3 is 49.1 Å². The minimum atomic E-state index is -1.02. The molecule has 0 radical (unpaired) electrons. The van der Waals surface area contributed by atoms with Crippen LogP contribution in [0.2, 0.25) is 0 Å². The first-order valence-electron chi connectivity index (χ1n) is 18.3. The number of likely N-dealkylation sites (tertiary alicyclic amines) is 1. The van der Waals surface area contributed by atoms with Crippen molar-refractivity contribution in [3.63, 3.8) is 0 Å². The fourth-order valence-corrected chi connectivity index (χ4v) is 4.69. The lowest BCUT2D eigenvalue weighted by Crippen LogP contribution is -2.44. The Bertz CT molecular complexity index is 1540. The highest BCUT2D eigenvalue weighted by Crippen LogP contribution is 2.18. The van der Waals surface area contributed by atoms with Gasteiger partial charge in [0, 0.05) is 25.4 Å². The molecule has 3 heterocycles. The highest BCUT2D eigenvalue weighted by molar-refractivity contribution is 6.03. The average molecular weight is 797 g/mol. The lowest BCUT2D eigenvalue weighted by Gasteiger charge is -2.19. The predicted molar refractivity (Wildman–Crippen MR) is 189 cm³/mol. The number of rotatable bonds is 27. The summed E-state index contributed by atoms with van der Waals surface area (Å²) in [6, 6.07) is -1.02. The van der Waals surface area contributed by atoms with E-state index in [4.69, 9.17) is 33.2 Å². The Morgan fingerprint density at radius 2 is 1.25 bits per heavy atom. The number of hydrogen-bond donors (Lipinski definition) is 3. The van der Waals surface area contributed by atoms with Crippen molar-refractivity contribution >= 4 is 36.1 Å². The van der Waals surface area contributed by atoms with Crippen LogP contribution in [0.5, 0.6) is 0 Å². The molecule has 0 aliphatic carbocycles. The Balaban J connectivity index is 1.40. The maximum atomic E-state index is 12.5. The first kappa shape index (κ1) is 45.0. The van der Waals surface area contributed by atoms with Gasteiger partial charge in [-0.05, 0) is 6.42 Å². The van der Waals surface area contributed by atoms with Crippen LogP contribution in [0.4, 0.5) is 14.4 Å². The summed E-state index contributed by atoms with van der Waals surface area (Å²) in [6.45, 7) is 7.21. The van der Waals surface area contributed by atoms with Crippen molar-refractivity contribution in [1.29, 1.82) is 0 Å². The second-order valence-electron chi connectivity index (χ2n) is 12.2. The van der Waals surface area contributed by atoms with Gasteiger partial charge in [0.25, 0.3) is 0 Å². The van der Waals surface area contributed by atoms with Crippen LogP contribution >= 0.6 is 0 Å². The molecule has 3 rings (SSSR count). The van der Waals surface area contributed by atoms with Crippen LogP contribution in [-0.2, 0) is 73.7 Å². The average Bonchev–Trinajstić information content (AvgIpc) is 3.91. The number of ether oxygens (including phenoxy) is 7. The Kier molecular flexibility index (Phi) is 20.6. The van der Waals surface area contributed by atoms with Crippen LogP contribution in [-0.4, -0.2) is 150 Å². The van der Waals surface area contributed by atoms with E-state index >= 15 is 0 Å². The van der Waals surface area contributed by atoms with Gasteiger partial charge in [0.05, 0.1) is 78.2 Å². The number of amides is 5. The molecule has 5 amide bonds. The number of imide groups is 1. The van der Waals surface area contributed by atoms with Crippen molar-refractivity contribution in [2.24, 2.45) is 5.92 Å². The Morgan fingerprint density at radius 1 is 0.714 bits per heavy atom. The quantitative estimate of drug-likeness (QED) is 0.0462. The number of nitrogens with zero attached hydrogens (tertiary/aromatic N) is 7. The minimum Gasteiger partial charge on any atom is -0.463 e. The van der Waals surface area contributed by atoms with Gasteiger partial charge in [-0.25, -0.2) is 23.7 Å². The Morgan fingerprint density at radius 3 is 1.77 bits per heavy atom. The van der Waals surface area contributed by atoms with E-state index in [0.29, 0.717) is 50.7 Å². The van der Waals surface area contributed by atoms with Crippen molar-refractivity contribution in [3.8, 4) is 0 Å². The van der Waals surface area contributed by atoms with Gasteiger partial charge in [-0.1, -0.05) is 31.2 Å². The van der Waals surface area contributed by atoms with Gasteiger partial charge in [-0.2, -0.15) is 0 Å². The summed E-state index contributed by atoms with van der Waals surface area (Å²) >= 11 is 0. The van der Waals surface area contributed by atoms with Crippen molar-refractivity contribution < 1.29 is 61.9 Å². The maximum Gasteiger partial charge on any atom is 0.407 e. The fourth-order valence-electron chi connectivity index (χ4n) is 4.69. The fraction of sp³-hybridized carbons (Fsp3) is 0.697. The largest absolute Gasteiger partial charge is 0.463 e. The van der Waals surface area contributed by atoms with Gasteiger partial charge in [0.2, 0.25) is 11.8 Å². The monoisotopic (exact) mass is 796 g/mol. The molecular formula is C33H52N10O13. The Hall–Kier alpha value is -5.42. The molecule has 23 heteroatoms. The summed E-state index contributed by atoms with van der Waals surface area (Å²) in [5.41, 5.74) is 0.906. The van der Waals surface area contributed by atoms with E-state index in [1.807, 2.05) is 6.92 Å². The smallest absolute Gasteiger partial charge is 0.407 e. The van der Waals surface area contributed by atoms with E-state index in [9.17, 15) is 28.8 Å². The van der Waals surface area contributed by atoms with E-state index in [2.05, 4.69) is 36.6 Å². The molecule has 312 valence electrons. The third-order valence-corrected chi connectivity index (χ3v) is 7.60. The summed E-state index contributed by atoms with van der Waals surface area (Å²) in [7, 11) is 0. The number of esters is 1. The number of carbonyl (C=O) groups excluding carboxylic acids is 6. The van der Waals surface area contributed by atoms with E-state index in [-0.39, 0.29) is 82.8 Å². The highest BCUT2D eigenvalue weighted by atomic mass is 16.6. The van der Waals surface area contributed by atoms with Crippen molar-refractivity contribution in [3.05, 3.63) is 23.8 Å². The third kappa shape index (κ3) is 17.8. The zero-order valence-corrected chi connectivity index (χ0v) is 32.0. The van der Waals surface area contributed by atoms with Crippen LogP contribution in [0.15, 0.2) is 12.4 Å². The molecule has 0 spiro atoms. The molecule has 23 nitrogen and oxygen atoms in total. The van der Waals surface area contributed by atoms with Gasteiger partial charge in [-0.15, -0.1) is 10.2 Å². The first-order chi connectivity index (χ1) is 27.1. The van der Waals surface area contributed by atoms with E-state index in [1.54, 1.807) is 30.9 Å². The number of aromatic nitrogens is 6. The first-order valence-corrected chi connectivity index (χ1v) is 18.3. The molecule has 2 unspecified atom stereocenters. The molecule has 1 aliphatic heterocycles. The van der Waals surface area contributed by atoms with Crippen LogP contribution in [0, 0.1) is 5.92 Å². The maximum absolute atomic E-state index is 12.5.